The number of anilines is 1. The van der Waals surface area contributed by atoms with E-state index in [9.17, 15) is 19.2 Å². The molecule has 0 aliphatic carbocycles. The molecule has 5 heterocycles. The fourth-order valence-corrected chi connectivity index (χ4v) is 5.78. The number of nitrogens with one attached hydrogen (secondary N) is 2. The molecule has 0 aromatic carbocycles. The molecule has 3 aliphatic heterocycles. The van der Waals surface area contributed by atoms with E-state index in [0.717, 1.165) is 0 Å². The molecule has 12 heteroatoms. The first-order valence-corrected chi connectivity index (χ1v) is 11.5. The zero-order valence-corrected chi connectivity index (χ0v) is 19.9. The first-order chi connectivity index (χ1) is 16.0. The molecule has 4 atom stereocenters. The van der Waals surface area contributed by atoms with Gasteiger partial charge in [0.2, 0.25) is 17.4 Å². The van der Waals surface area contributed by atoms with Gasteiger partial charge in [0.05, 0.1) is 36.1 Å². The van der Waals surface area contributed by atoms with Gasteiger partial charge in [-0.1, -0.05) is 16.8 Å². The van der Waals surface area contributed by atoms with Crippen molar-refractivity contribution in [3.05, 3.63) is 16.4 Å². The smallest absolute Gasteiger partial charge is 0.275 e. The number of ether oxygens (including phenoxy) is 1. The number of hydrogen-bond donors (Lipinski definition) is 2. The molecule has 1 spiro atoms. The molecule has 11 nitrogen and oxygen atoms in total. The van der Waals surface area contributed by atoms with Gasteiger partial charge in [0.1, 0.15) is 16.0 Å². The Labute approximate surface area is 199 Å². The zero-order valence-electron chi connectivity index (χ0n) is 19.1. The fraction of sp³-hybridized carbons (Fsp3) is 0.545. The summed E-state index contributed by atoms with van der Waals surface area (Å²) >= 11 is 6.79. The molecule has 2 saturated heterocycles. The minimum Gasteiger partial charge on any atom is -0.372 e. The van der Waals surface area contributed by atoms with Gasteiger partial charge in [0.15, 0.2) is 11.5 Å². The van der Waals surface area contributed by atoms with E-state index in [1.807, 2.05) is 25.7 Å². The quantitative estimate of drug-likeness (QED) is 0.469. The molecule has 34 heavy (non-hydrogen) atoms. The lowest BCUT2D eigenvalue weighted by molar-refractivity contribution is -0.158. The van der Waals surface area contributed by atoms with Gasteiger partial charge in [-0.25, -0.2) is 4.98 Å². The second-order valence-corrected chi connectivity index (χ2v) is 9.81. The van der Waals surface area contributed by atoms with E-state index < -0.39 is 47.5 Å². The summed E-state index contributed by atoms with van der Waals surface area (Å²) in [5, 5.41) is 9.15. The number of carbonyl (C=O) groups excluding carboxylic acids is 4. The lowest BCUT2D eigenvalue weighted by Crippen LogP contribution is -2.72. The minimum absolute atomic E-state index is 0.0390. The SMILES string of the molecule is CC(C)NC(=O)c1noc2c(Cl)c3c(nc12)CC1(C(=O)CC(=O)NC1=O)[C@H]1[C@H](C)O[C@H](C)CN31. The Morgan fingerprint density at radius 2 is 2.03 bits per heavy atom. The molecule has 1 unspecified atom stereocenters. The van der Waals surface area contributed by atoms with Gasteiger partial charge >= 0.3 is 0 Å². The van der Waals surface area contributed by atoms with E-state index in [0.29, 0.717) is 17.9 Å². The van der Waals surface area contributed by atoms with Crippen LogP contribution in [-0.4, -0.2) is 64.5 Å². The van der Waals surface area contributed by atoms with Crippen LogP contribution < -0.4 is 15.5 Å². The molecule has 3 aliphatic rings. The van der Waals surface area contributed by atoms with Gasteiger partial charge in [-0.05, 0) is 27.7 Å². The van der Waals surface area contributed by atoms with Crippen LogP contribution >= 0.6 is 11.6 Å². The van der Waals surface area contributed by atoms with Crippen LogP contribution in [0, 0.1) is 5.41 Å². The molecule has 0 radical (unpaired) electrons. The van der Waals surface area contributed by atoms with Crippen molar-refractivity contribution in [2.24, 2.45) is 5.41 Å². The van der Waals surface area contributed by atoms with Gasteiger partial charge in [0.25, 0.3) is 5.91 Å². The first kappa shape index (κ1) is 22.7. The van der Waals surface area contributed by atoms with E-state index in [1.165, 1.54) is 0 Å². The average Bonchev–Trinajstić information content (AvgIpc) is 3.15. The van der Waals surface area contributed by atoms with Crippen LogP contribution in [0.5, 0.6) is 0 Å². The van der Waals surface area contributed by atoms with Crippen LogP contribution in [0.3, 0.4) is 0 Å². The van der Waals surface area contributed by atoms with Crippen LogP contribution in [0.15, 0.2) is 4.52 Å². The van der Waals surface area contributed by atoms with Crippen LogP contribution in [0.25, 0.3) is 11.1 Å². The number of pyridine rings is 1. The van der Waals surface area contributed by atoms with Crippen molar-refractivity contribution in [2.45, 2.75) is 64.8 Å². The lowest BCUT2D eigenvalue weighted by atomic mass is 9.64. The maximum absolute atomic E-state index is 13.4. The van der Waals surface area contributed by atoms with E-state index in [1.54, 1.807) is 6.92 Å². The first-order valence-electron chi connectivity index (χ1n) is 11.1. The van der Waals surface area contributed by atoms with Crippen molar-refractivity contribution in [1.82, 2.24) is 20.8 Å². The molecule has 180 valence electrons. The maximum Gasteiger partial charge on any atom is 0.275 e. The molecule has 2 aromatic rings. The molecule has 2 fully saturated rings. The summed E-state index contributed by atoms with van der Waals surface area (Å²) in [4.78, 5) is 57.8. The molecule has 2 aromatic heterocycles. The Hall–Kier alpha value is -3.05. The number of fused-ring (bicyclic) bond motifs is 5. The van der Waals surface area contributed by atoms with Crippen LogP contribution in [0.1, 0.15) is 50.3 Å². The summed E-state index contributed by atoms with van der Waals surface area (Å²) in [7, 11) is 0. The van der Waals surface area contributed by atoms with Crippen LogP contribution in [-0.2, 0) is 25.5 Å². The Bertz CT molecular complexity index is 1240. The van der Waals surface area contributed by atoms with Crippen molar-refractivity contribution in [2.75, 3.05) is 11.4 Å². The number of Topliss-reactive ketones (excluding diaryl/α,β-unsaturated/α-hetero) is 1. The predicted molar refractivity (Wildman–Crippen MR) is 119 cm³/mol. The summed E-state index contributed by atoms with van der Waals surface area (Å²) in [5.74, 6) is -2.29. The molecule has 5 rings (SSSR count). The number of morpholine rings is 1. The third kappa shape index (κ3) is 3.13. The molecule has 0 saturated carbocycles. The van der Waals surface area contributed by atoms with E-state index in [2.05, 4.69) is 20.8 Å². The Balaban J connectivity index is 1.73. The number of amides is 3. The molecule has 2 N–H and O–H groups in total. The molecular weight excluding hydrogens is 466 g/mol. The highest BCUT2D eigenvalue weighted by Gasteiger charge is 2.63. The second-order valence-electron chi connectivity index (χ2n) is 9.43. The number of imide groups is 1. The lowest BCUT2D eigenvalue weighted by Gasteiger charge is -2.55. The zero-order chi connectivity index (χ0) is 24.5. The molecular formula is C22H24ClN5O6. The summed E-state index contributed by atoms with van der Waals surface area (Å²) in [5.41, 5.74) is -0.481. The van der Waals surface area contributed by atoms with Gasteiger partial charge in [0, 0.05) is 19.0 Å². The summed E-state index contributed by atoms with van der Waals surface area (Å²) in [6.45, 7) is 7.62. The minimum atomic E-state index is -1.60. The third-order valence-electron chi connectivity index (χ3n) is 6.63. The number of piperidine rings is 1. The van der Waals surface area contributed by atoms with Crippen molar-refractivity contribution in [3.63, 3.8) is 0 Å². The highest BCUT2D eigenvalue weighted by molar-refractivity contribution is 6.38. The maximum atomic E-state index is 13.4. The van der Waals surface area contributed by atoms with E-state index in [4.69, 9.17) is 20.9 Å². The third-order valence-corrected chi connectivity index (χ3v) is 6.98. The van der Waals surface area contributed by atoms with Gasteiger partial charge in [-0.15, -0.1) is 0 Å². The molecule has 0 bridgehead atoms. The van der Waals surface area contributed by atoms with Crippen LogP contribution in [0.4, 0.5) is 5.69 Å². The standard InChI is InChI=1S/C22H24ClN5O6/c1-8(2)24-20(31)16-15-18(34-27-16)14(23)17-11(25-15)6-22(12(29)5-13(30)26-21(22)32)19-10(4)33-9(3)7-28(17)19/h8-10,19H,5-7H2,1-4H3,(H,24,31)(H,26,30,32)/t9-,10+,19-,22?/m1/s1. The highest BCUT2D eigenvalue weighted by Crippen LogP contribution is 2.50. The van der Waals surface area contributed by atoms with E-state index in [-0.39, 0.29) is 40.4 Å². The Morgan fingerprint density at radius 3 is 2.71 bits per heavy atom. The highest BCUT2D eigenvalue weighted by atomic mass is 35.5. The summed E-state index contributed by atoms with van der Waals surface area (Å²) in [6.07, 6.45) is -1.27. The topological polar surface area (TPSA) is 144 Å². The monoisotopic (exact) mass is 489 g/mol. The Morgan fingerprint density at radius 1 is 1.29 bits per heavy atom. The number of aromatic nitrogens is 2. The number of ketones is 1. The van der Waals surface area contributed by atoms with Crippen molar-refractivity contribution < 1.29 is 28.4 Å². The van der Waals surface area contributed by atoms with Crippen molar-refractivity contribution in [3.8, 4) is 0 Å². The number of halogens is 1. The van der Waals surface area contributed by atoms with Gasteiger partial charge < -0.3 is 19.5 Å². The van der Waals surface area contributed by atoms with Crippen molar-refractivity contribution >= 4 is 51.9 Å². The normalized spacial score (nSPS) is 28.8. The Kier molecular flexibility index (Phi) is 5.17. The number of hydrogen-bond acceptors (Lipinski definition) is 9. The fourth-order valence-electron chi connectivity index (χ4n) is 5.43. The van der Waals surface area contributed by atoms with Gasteiger partial charge in [-0.3, -0.25) is 24.5 Å². The van der Waals surface area contributed by atoms with Gasteiger partial charge in [-0.2, -0.15) is 0 Å². The summed E-state index contributed by atoms with van der Waals surface area (Å²) in [6, 6.07) is -0.853. The van der Waals surface area contributed by atoms with E-state index >= 15 is 0 Å². The second kappa shape index (κ2) is 7.74. The van der Waals surface area contributed by atoms with Crippen LogP contribution in [0.2, 0.25) is 5.02 Å². The van der Waals surface area contributed by atoms with Crippen molar-refractivity contribution in [1.29, 1.82) is 0 Å². The summed E-state index contributed by atoms with van der Waals surface area (Å²) < 4.78 is 11.4. The predicted octanol–water partition coefficient (Wildman–Crippen LogP) is 1.15. The number of nitrogens with zero attached hydrogens (tertiary/aromatic N) is 3. The largest absolute Gasteiger partial charge is 0.372 e. The molecule has 3 amide bonds. The average molecular weight is 490 g/mol. The number of carbonyl (C=O) groups is 4. The number of rotatable bonds is 2.